The Balaban J connectivity index is 1.53. The number of nitrogens with one attached hydrogen (secondary N) is 1. The van der Waals surface area contributed by atoms with E-state index in [1.54, 1.807) is 0 Å². The minimum atomic E-state index is 0.619. The number of benzene rings is 1. The monoisotopic (exact) mass is 378 g/mol. The summed E-state index contributed by atoms with van der Waals surface area (Å²) in [5.41, 5.74) is 4.08. The number of fused-ring (bicyclic) bond motifs is 1. The Labute approximate surface area is 161 Å². The van der Waals surface area contributed by atoms with E-state index < -0.39 is 0 Å². The lowest BCUT2D eigenvalue weighted by atomic mass is 10.1. The molecule has 0 bridgehead atoms. The van der Waals surface area contributed by atoms with Gasteiger partial charge in [0.05, 0.1) is 11.9 Å². The Morgan fingerprint density at radius 2 is 1.96 bits per heavy atom. The van der Waals surface area contributed by atoms with Gasteiger partial charge in [0, 0.05) is 36.1 Å². The van der Waals surface area contributed by atoms with Crippen LogP contribution in [0.1, 0.15) is 24.3 Å². The highest BCUT2D eigenvalue weighted by Crippen LogP contribution is 2.43. The number of hydrogen-bond donors (Lipinski definition) is 1. The second kappa shape index (κ2) is 6.09. The smallest absolute Gasteiger partial charge is 0.160 e. The minimum Gasteiger partial charge on any atom is -0.325 e. The Bertz CT molecular complexity index is 1150. The summed E-state index contributed by atoms with van der Waals surface area (Å²) in [5, 5.41) is 14.3. The van der Waals surface area contributed by atoms with Gasteiger partial charge in [-0.25, -0.2) is 4.98 Å². The van der Waals surface area contributed by atoms with Gasteiger partial charge in [-0.3, -0.25) is 9.36 Å². The van der Waals surface area contributed by atoms with Crippen LogP contribution < -0.4 is 5.32 Å². The molecule has 3 aromatic heterocycles. The predicted octanol–water partition coefficient (Wildman–Crippen LogP) is 4.64. The van der Waals surface area contributed by atoms with Crippen molar-refractivity contribution in [1.29, 1.82) is 0 Å². The van der Waals surface area contributed by atoms with Crippen molar-refractivity contribution >= 4 is 34.3 Å². The Morgan fingerprint density at radius 3 is 2.74 bits per heavy atom. The van der Waals surface area contributed by atoms with Gasteiger partial charge < -0.3 is 5.32 Å². The molecule has 1 saturated carbocycles. The first-order chi connectivity index (χ1) is 13.1. The fourth-order valence-corrected chi connectivity index (χ4v) is 3.63. The van der Waals surface area contributed by atoms with Gasteiger partial charge in [0.1, 0.15) is 11.6 Å². The lowest BCUT2D eigenvalue weighted by Gasteiger charge is -2.09. The molecule has 1 aromatic carbocycles. The van der Waals surface area contributed by atoms with Crippen LogP contribution in [0.2, 0.25) is 5.02 Å². The van der Waals surface area contributed by atoms with Crippen LogP contribution in [0.25, 0.3) is 22.3 Å². The van der Waals surface area contributed by atoms with E-state index in [1.165, 1.54) is 18.4 Å². The van der Waals surface area contributed by atoms with Gasteiger partial charge in [-0.1, -0.05) is 23.7 Å². The topological polar surface area (TPSA) is 60.6 Å². The summed E-state index contributed by atoms with van der Waals surface area (Å²) >= 11 is 6.12. The van der Waals surface area contributed by atoms with Gasteiger partial charge in [0.15, 0.2) is 5.65 Å². The van der Waals surface area contributed by atoms with Crippen LogP contribution in [0.5, 0.6) is 0 Å². The van der Waals surface area contributed by atoms with Crippen molar-refractivity contribution in [2.45, 2.75) is 18.8 Å². The van der Waals surface area contributed by atoms with Crippen LogP contribution in [-0.2, 0) is 14.1 Å². The van der Waals surface area contributed by atoms with Crippen molar-refractivity contribution in [2.24, 2.45) is 14.1 Å². The summed E-state index contributed by atoms with van der Waals surface area (Å²) < 4.78 is 3.65. The molecule has 0 amide bonds. The lowest BCUT2D eigenvalue weighted by Crippen LogP contribution is -2.02. The molecule has 1 fully saturated rings. The average molecular weight is 379 g/mol. The molecule has 4 aromatic rings. The molecular formula is C20H19ClN6. The molecule has 0 radical (unpaired) electrons. The van der Waals surface area contributed by atoms with E-state index in [0.717, 1.165) is 33.9 Å². The molecule has 136 valence electrons. The molecule has 1 aliphatic carbocycles. The van der Waals surface area contributed by atoms with Gasteiger partial charge in [0.2, 0.25) is 0 Å². The van der Waals surface area contributed by atoms with E-state index >= 15 is 0 Å². The minimum absolute atomic E-state index is 0.619. The third kappa shape index (κ3) is 2.96. The Morgan fingerprint density at radius 1 is 1.11 bits per heavy atom. The van der Waals surface area contributed by atoms with Crippen LogP contribution in [0, 0.1) is 0 Å². The van der Waals surface area contributed by atoms with E-state index in [0.29, 0.717) is 10.9 Å². The molecule has 1 N–H and O–H groups in total. The maximum absolute atomic E-state index is 6.12. The highest BCUT2D eigenvalue weighted by atomic mass is 35.5. The number of aromatic nitrogens is 5. The normalized spacial score (nSPS) is 14.0. The molecule has 0 saturated heterocycles. The van der Waals surface area contributed by atoms with Crippen LogP contribution in [0.3, 0.4) is 0 Å². The van der Waals surface area contributed by atoms with Crippen LogP contribution in [0.4, 0.5) is 11.6 Å². The zero-order valence-electron chi connectivity index (χ0n) is 15.1. The van der Waals surface area contributed by atoms with Crippen molar-refractivity contribution in [3.8, 4) is 11.3 Å². The Hall–Kier alpha value is -2.86. The maximum Gasteiger partial charge on any atom is 0.160 e. The number of halogens is 1. The fourth-order valence-electron chi connectivity index (χ4n) is 3.44. The van der Waals surface area contributed by atoms with E-state index in [4.69, 9.17) is 16.6 Å². The summed E-state index contributed by atoms with van der Waals surface area (Å²) in [6, 6.07) is 11.9. The number of anilines is 2. The van der Waals surface area contributed by atoms with Gasteiger partial charge in [0.25, 0.3) is 0 Å². The van der Waals surface area contributed by atoms with Gasteiger partial charge in [-0.15, -0.1) is 0 Å². The van der Waals surface area contributed by atoms with Crippen molar-refractivity contribution in [1.82, 2.24) is 24.5 Å². The Kier molecular flexibility index (Phi) is 3.68. The third-order valence-electron chi connectivity index (χ3n) is 5.01. The second-order valence-electron chi connectivity index (χ2n) is 7.05. The van der Waals surface area contributed by atoms with Crippen molar-refractivity contribution < 1.29 is 0 Å². The molecule has 1 aliphatic rings. The van der Waals surface area contributed by atoms with Crippen LogP contribution in [-0.4, -0.2) is 24.5 Å². The highest BCUT2D eigenvalue weighted by Gasteiger charge is 2.27. The van der Waals surface area contributed by atoms with E-state index in [1.807, 2.05) is 60.0 Å². The number of pyridine rings is 1. The summed E-state index contributed by atoms with van der Waals surface area (Å²) in [5.74, 6) is 2.31. The first-order valence-electron chi connectivity index (χ1n) is 8.98. The molecule has 7 heteroatoms. The summed E-state index contributed by atoms with van der Waals surface area (Å²) in [4.78, 5) is 4.77. The number of aryl methyl sites for hydroxylation is 2. The predicted molar refractivity (Wildman–Crippen MR) is 107 cm³/mol. The largest absolute Gasteiger partial charge is 0.325 e. The molecule has 3 heterocycles. The SMILES string of the molecule is Cn1nc(-c2cccc(Cl)c2)cc1Nc1cc(C2CC2)c2cnn(C)c2n1. The van der Waals surface area contributed by atoms with E-state index in [-0.39, 0.29) is 0 Å². The molecule has 27 heavy (non-hydrogen) atoms. The molecule has 0 spiro atoms. The van der Waals surface area contributed by atoms with Crippen molar-refractivity contribution in [2.75, 3.05) is 5.32 Å². The molecule has 5 rings (SSSR count). The maximum atomic E-state index is 6.12. The molecular weight excluding hydrogens is 360 g/mol. The first-order valence-corrected chi connectivity index (χ1v) is 9.36. The van der Waals surface area contributed by atoms with Gasteiger partial charge in [-0.05, 0) is 42.5 Å². The third-order valence-corrected chi connectivity index (χ3v) is 5.25. The molecule has 0 aliphatic heterocycles. The number of hydrogen-bond acceptors (Lipinski definition) is 4. The number of rotatable bonds is 4. The quantitative estimate of drug-likeness (QED) is 0.561. The lowest BCUT2D eigenvalue weighted by molar-refractivity contribution is 0.777. The van der Waals surface area contributed by atoms with Crippen molar-refractivity contribution in [3.63, 3.8) is 0 Å². The first kappa shape index (κ1) is 16.3. The van der Waals surface area contributed by atoms with Gasteiger partial charge in [-0.2, -0.15) is 10.2 Å². The van der Waals surface area contributed by atoms with Gasteiger partial charge >= 0.3 is 0 Å². The summed E-state index contributed by atoms with van der Waals surface area (Å²) in [7, 11) is 3.85. The molecule has 0 unspecified atom stereocenters. The average Bonchev–Trinajstić information content (AvgIpc) is 3.35. The molecule has 6 nitrogen and oxygen atoms in total. The second-order valence-corrected chi connectivity index (χ2v) is 7.49. The summed E-state index contributed by atoms with van der Waals surface area (Å²) in [6.45, 7) is 0. The highest BCUT2D eigenvalue weighted by molar-refractivity contribution is 6.30. The van der Waals surface area contributed by atoms with E-state index in [9.17, 15) is 0 Å². The zero-order chi connectivity index (χ0) is 18.5. The van der Waals surface area contributed by atoms with Crippen LogP contribution >= 0.6 is 11.6 Å². The zero-order valence-corrected chi connectivity index (χ0v) is 15.9. The molecule has 0 atom stereocenters. The standard InChI is InChI=1S/C20H19ClN6/c1-26-19(10-17(25-26)13-4-3-5-14(21)8-13)23-18-9-15(12-6-7-12)16-11-22-27(2)20(16)24-18/h3-5,8-12H,6-7H2,1-2H3,(H,23,24). The summed E-state index contributed by atoms with van der Waals surface area (Å²) in [6.07, 6.45) is 4.39. The fraction of sp³-hybridized carbons (Fsp3) is 0.250. The van der Waals surface area contributed by atoms with Crippen molar-refractivity contribution in [3.05, 3.63) is 53.2 Å². The van der Waals surface area contributed by atoms with Crippen LogP contribution in [0.15, 0.2) is 42.6 Å². The number of nitrogens with zero attached hydrogens (tertiary/aromatic N) is 5. The van der Waals surface area contributed by atoms with E-state index in [2.05, 4.69) is 21.6 Å².